The lowest BCUT2D eigenvalue weighted by molar-refractivity contribution is 0.627. The Bertz CT molecular complexity index is 695. The van der Waals surface area contributed by atoms with Gasteiger partial charge in [0.15, 0.2) is 0 Å². The number of hydrogen-bond acceptors (Lipinski definition) is 2. The van der Waals surface area contributed by atoms with E-state index in [2.05, 4.69) is 17.0 Å². The van der Waals surface area contributed by atoms with E-state index in [0.717, 1.165) is 30.8 Å². The average molecular weight is 289 g/mol. The molecule has 1 aromatic carbocycles. The van der Waals surface area contributed by atoms with E-state index < -0.39 is 0 Å². The number of benzene rings is 1. The van der Waals surface area contributed by atoms with E-state index in [1.165, 1.54) is 16.8 Å². The SMILES string of the molecule is CCCCN=C(C)c1c(C)[nH]n(-c2ccc(F)cc2)c1=O. The third kappa shape index (κ3) is 3.29. The summed E-state index contributed by atoms with van der Waals surface area (Å²) in [6.45, 7) is 6.52. The van der Waals surface area contributed by atoms with Crippen molar-refractivity contribution >= 4 is 5.71 Å². The number of hydrogen-bond donors (Lipinski definition) is 1. The number of H-pyrrole nitrogens is 1. The summed E-state index contributed by atoms with van der Waals surface area (Å²) >= 11 is 0. The minimum absolute atomic E-state index is 0.156. The van der Waals surface area contributed by atoms with E-state index in [4.69, 9.17) is 0 Å². The highest BCUT2D eigenvalue weighted by molar-refractivity contribution is 5.99. The van der Waals surface area contributed by atoms with Gasteiger partial charge in [-0.3, -0.25) is 14.9 Å². The van der Waals surface area contributed by atoms with Crippen LogP contribution in [-0.4, -0.2) is 22.0 Å². The molecule has 4 nitrogen and oxygen atoms in total. The quantitative estimate of drug-likeness (QED) is 0.667. The van der Waals surface area contributed by atoms with Crippen molar-refractivity contribution in [2.45, 2.75) is 33.6 Å². The molecule has 1 heterocycles. The summed E-state index contributed by atoms with van der Waals surface area (Å²) in [6.07, 6.45) is 2.08. The normalized spacial score (nSPS) is 11.9. The maximum atomic E-state index is 13.0. The highest BCUT2D eigenvalue weighted by Crippen LogP contribution is 2.09. The number of halogens is 1. The molecule has 21 heavy (non-hydrogen) atoms. The maximum Gasteiger partial charge on any atom is 0.280 e. The summed E-state index contributed by atoms with van der Waals surface area (Å²) in [5.74, 6) is -0.326. The van der Waals surface area contributed by atoms with Crippen LogP contribution in [0.2, 0.25) is 0 Å². The number of aryl methyl sites for hydroxylation is 1. The third-order valence-electron chi connectivity index (χ3n) is 3.38. The molecule has 1 aromatic heterocycles. The van der Waals surface area contributed by atoms with Crippen LogP contribution in [0.25, 0.3) is 5.69 Å². The third-order valence-corrected chi connectivity index (χ3v) is 3.38. The van der Waals surface area contributed by atoms with Gasteiger partial charge in [0.2, 0.25) is 0 Å². The molecule has 0 saturated heterocycles. The van der Waals surface area contributed by atoms with Crippen molar-refractivity contribution in [3.05, 3.63) is 51.7 Å². The van der Waals surface area contributed by atoms with Crippen molar-refractivity contribution in [1.82, 2.24) is 9.78 Å². The Hall–Kier alpha value is -2.17. The van der Waals surface area contributed by atoms with E-state index in [9.17, 15) is 9.18 Å². The van der Waals surface area contributed by atoms with Crippen LogP contribution in [0.4, 0.5) is 4.39 Å². The van der Waals surface area contributed by atoms with Crippen molar-refractivity contribution in [3.8, 4) is 5.69 Å². The van der Waals surface area contributed by atoms with Crippen LogP contribution in [0, 0.1) is 12.7 Å². The van der Waals surface area contributed by atoms with Crippen LogP contribution in [0.1, 0.15) is 37.9 Å². The first-order chi connectivity index (χ1) is 10.0. The summed E-state index contributed by atoms with van der Waals surface area (Å²) in [6, 6.07) is 5.81. The molecule has 0 fully saturated rings. The van der Waals surface area contributed by atoms with Crippen LogP contribution in [0.15, 0.2) is 34.1 Å². The Morgan fingerprint density at radius 1 is 1.33 bits per heavy atom. The molecule has 2 aromatic rings. The molecule has 0 aliphatic rings. The van der Waals surface area contributed by atoms with Crippen molar-refractivity contribution < 1.29 is 4.39 Å². The Balaban J connectivity index is 2.40. The topological polar surface area (TPSA) is 50.1 Å². The number of nitrogens with zero attached hydrogens (tertiary/aromatic N) is 2. The largest absolute Gasteiger partial charge is 0.295 e. The fourth-order valence-electron chi connectivity index (χ4n) is 2.23. The van der Waals surface area contributed by atoms with Gasteiger partial charge < -0.3 is 0 Å². The van der Waals surface area contributed by atoms with E-state index in [-0.39, 0.29) is 11.4 Å². The first-order valence-corrected chi connectivity index (χ1v) is 7.13. The van der Waals surface area contributed by atoms with Crippen molar-refractivity contribution in [2.75, 3.05) is 6.54 Å². The summed E-state index contributed by atoms with van der Waals surface area (Å²) in [4.78, 5) is 17.0. The second-order valence-electron chi connectivity index (χ2n) is 5.05. The number of rotatable bonds is 5. The zero-order chi connectivity index (χ0) is 15.4. The van der Waals surface area contributed by atoms with Gasteiger partial charge in [-0.2, -0.15) is 0 Å². The molecule has 0 saturated carbocycles. The fraction of sp³-hybridized carbons (Fsp3) is 0.375. The zero-order valence-electron chi connectivity index (χ0n) is 12.6. The summed E-state index contributed by atoms with van der Waals surface area (Å²) in [5, 5.41) is 3.02. The Morgan fingerprint density at radius 2 is 2.00 bits per heavy atom. The number of aliphatic imine (C=N–C) groups is 1. The Morgan fingerprint density at radius 3 is 2.62 bits per heavy atom. The Kier molecular flexibility index (Phi) is 4.73. The summed E-state index contributed by atoms with van der Waals surface area (Å²) in [7, 11) is 0. The van der Waals surface area contributed by atoms with Crippen molar-refractivity contribution in [1.29, 1.82) is 0 Å². The summed E-state index contributed by atoms with van der Waals surface area (Å²) in [5.41, 5.74) is 2.55. The van der Waals surface area contributed by atoms with Crippen LogP contribution in [0.5, 0.6) is 0 Å². The molecular formula is C16H20FN3O. The predicted octanol–water partition coefficient (Wildman–Crippen LogP) is 3.22. The minimum atomic E-state index is -0.326. The van der Waals surface area contributed by atoms with Crippen LogP contribution in [0.3, 0.4) is 0 Å². The van der Waals surface area contributed by atoms with Gasteiger partial charge in [0.05, 0.1) is 11.3 Å². The average Bonchev–Trinajstić information content (AvgIpc) is 2.75. The van der Waals surface area contributed by atoms with E-state index in [1.807, 2.05) is 13.8 Å². The lowest BCUT2D eigenvalue weighted by atomic mass is 10.2. The molecular weight excluding hydrogens is 269 g/mol. The van der Waals surface area contributed by atoms with E-state index in [0.29, 0.717) is 11.3 Å². The molecule has 0 bridgehead atoms. The maximum absolute atomic E-state index is 13.0. The van der Waals surface area contributed by atoms with Crippen LogP contribution in [-0.2, 0) is 0 Å². The smallest absolute Gasteiger partial charge is 0.280 e. The van der Waals surface area contributed by atoms with Crippen LogP contribution >= 0.6 is 0 Å². The second kappa shape index (κ2) is 6.52. The van der Waals surface area contributed by atoms with E-state index >= 15 is 0 Å². The number of unbranched alkanes of at least 4 members (excludes halogenated alkanes) is 1. The number of aromatic nitrogens is 2. The lowest BCUT2D eigenvalue weighted by Crippen LogP contribution is -2.19. The number of aromatic amines is 1. The van der Waals surface area contributed by atoms with Gasteiger partial charge >= 0.3 is 0 Å². The minimum Gasteiger partial charge on any atom is -0.295 e. The molecule has 0 amide bonds. The molecule has 1 N–H and O–H groups in total. The number of nitrogens with one attached hydrogen (secondary N) is 1. The second-order valence-corrected chi connectivity index (χ2v) is 5.05. The van der Waals surface area contributed by atoms with Gasteiger partial charge in [-0.15, -0.1) is 0 Å². The molecule has 0 aliphatic heterocycles. The predicted molar refractivity (Wildman–Crippen MR) is 83.1 cm³/mol. The molecule has 0 spiro atoms. The van der Waals surface area contributed by atoms with Gasteiger partial charge in [0, 0.05) is 18.0 Å². The molecule has 5 heteroatoms. The van der Waals surface area contributed by atoms with Gasteiger partial charge in [-0.1, -0.05) is 13.3 Å². The first kappa shape index (κ1) is 15.2. The highest BCUT2D eigenvalue weighted by atomic mass is 19.1. The van der Waals surface area contributed by atoms with Gasteiger partial charge in [-0.05, 0) is 44.5 Å². The molecule has 0 radical (unpaired) electrons. The van der Waals surface area contributed by atoms with E-state index in [1.54, 1.807) is 12.1 Å². The van der Waals surface area contributed by atoms with Crippen molar-refractivity contribution in [3.63, 3.8) is 0 Å². The highest BCUT2D eigenvalue weighted by Gasteiger charge is 2.14. The molecule has 112 valence electrons. The van der Waals surface area contributed by atoms with Gasteiger partial charge in [0.25, 0.3) is 5.56 Å². The standard InChI is InChI=1S/C16H20FN3O/c1-4-5-10-18-11(2)15-12(3)19-20(16(15)21)14-8-6-13(17)7-9-14/h6-9,19H,4-5,10H2,1-3H3. The summed E-state index contributed by atoms with van der Waals surface area (Å²) < 4.78 is 14.4. The zero-order valence-corrected chi connectivity index (χ0v) is 12.6. The monoisotopic (exact) mass is 289 g/mol. The molecule has 2 rings (SSSR count). The van der Waals surface area contributed by atoms with Gasteiger partial charge in [0.1, 0.15) is 5.82 Å². The lowest BCUT2D eigenvalue weighted by Gasteiger charge is -2.00. The molecule has 0 aliphatic carbocycles. The van der Waals surface area contributed by atoms with Crippen LogP contribution < -0.4 is 5.56 Å². The molecule has 0 atom stereocenters. The Labute approximate surface area is 123 Å². The fourth-order valence-corrected chi connectivity index (χ4v) is 2.23. The van der Waals surface area contributed by atoms with Crippen molar-refractivity contribution in [2.24, 2.45) is 4.99 Å². The molecule has 0 unspecified atom stereocenters. The first-order valence-electron chi connectivity index (χ1n) is 7.13. The van der Waals surface area contributed by atoms with Gasteiger partial charge in [-0.25, -0.2) is 9.07 Å².